The first-order chi connectivity index (χ1) is 8.95. The Morgan fingerprint density at radius 1 is 1.53 bits per heavy atom. The number of carboxylic acids is 1. The maximum atomic E-state index is 11.7. The molecule has 0 spiro atoms. The van der Waals surface area contributed by atoms with Crippen LogP contribution in [-0.2, 0) is 9.53 Å². The van der Waals surface area contributed by atoms with Gasteiger partial charge in [0.2, 0.25) is 5.91 Å². The van der Waals surface area contributed by atoms with Gasteiger partial charge < -0.3 is 20.9 Å². The van der Waals surface area contributed by atoms with Gasteiger partial charge in [-0.25, -0.2) is 4.79 Å². The summed E-state index contributed by atoms with van der Waals surface area (Å²) in [5.74, 6) is -1.49. The highest BCUT2D eigenvalue weighted by Gasteiger charge is 2.15. The minimum atomic E-state index is -1.09. The molecule has 1 aromatic rings. The Morgan fingerprint density at radius 2 is 2.21 bits per heavy atom. The number of nitrogens with one attached hydrogen (secondary N) is 1. The number of carbonyl (C=O) groups is 2. The second-order valence-electron chi connectivity index (χ2n) is 3.88. The summed E-state index contributed by atoms with van der Waals surface area (Å²) < 4.78 is 4.83. The molecule has 0 saturated heterocycles. The number of rotatable bonds is 6. The third-order valence-electron chi connectivity index (χ3n) is 2.44. The van der Waals surface area contributed by atoms with Crippen LogP contribution in [0, 0.1) is 0 Å². The van der Waals surface area contributed by atoms with Gasteiger partial charge in [-0.05, 0) is 24.6 Å². The first-order valence-corrected chi connectivity index (χ1v) is 5.91. The molecule has 0 heterocycles. The molecule has 1 aromatic carbocycles. The van der Waals surface area contributed by atoms with Crippen molar-refractivity contribution in [3.8, 4) is 0 Å². The molecule has 1 unspecified atom stereocenters. The van der Waals surface area contributed by atoms with Gasteiger partial charge in [0.25, 0.3) is 0 Å². The van der Waals surface area contributed by atoms with Crippen molar-refractivity contribution in [2.24, 2.45) is 5.73 Å². The van der Waals surface area contributed by atoms with Crippen molar-refractivity contribution in [2.45, 2.75) is 12.5 Å². The molecule has 1 amide bonds. The van der Waals surface area contributed by atoms with E-state index in [9.17, 15) is 9.59 Å². The Kier molecular flexibility index (Phi) is 5.75. The quantitative estimate of drug-likeness (QED) is 0.732. The third-order valence-corrected chi connectivity index (χ3v) is 2.76. The van der Waals surface area contributed by atoms with E-state index in [1.807, 2.05) is 0 Å². The van der Waals surface area contributed by atoms with Crippen molar-refractivity contribution in [1.29, 1.82) is 0 Å². The topological polar surface area (TPSA) is 102 Å². The lowest BCUT2D eigenvalue weighted by Gasteiger charge is -2.13. The van der Waals surface area contributed by atoms with Crippen LogP contribution in [0.4, 0.5) is 5.69 Å². The van der Waals surface area contributed by atoms with Gasteiger partial charge in [0.05, 0.1) is 22.3 Å². The van der Waals surface area contributed by atoms with Gasteiger partial charge in [-0.3, -0.25) is 4.79 Å². The molecule has 0 bridgehead atoms. The SMILES string of the molecule is COCCC(N)C(=O)Nc1ccc(C(=O)O)cc1Cl. The van der Waals surface area contributed by atoms with Gasteiger partial charge in [-0.2, -0.15) is 0 Å². The number of benzene rings is 1. The summed E-state index contributed by atoms with van der Waals surface area (Å²) in [4.78, 5) is 22.5. The molecule has 19 heavy (non-hydrogen) atoms. The van der Waals surface area contributed by atoms with Gasteiger partial charge in [0, 0.05) is 13.7 Å². The van der Waals surface area contributed by atoms with Crippen molar-refractivity contribution < 1.29 is 19.4 Å². The summed E-state index contributed by atoms with van der Waals surface area (Å²) in [5.41, 5.74) is 6.02. The summed E-state index contributed by atoms with van der Waals surface area (Å²) in [7, 11) is 1.52. The summed E-state index contributed by atoms with van der Waals surface area (Å²) >= 11 is 5.88. The highest BCUT2D eigenvalue weighted by Crippen LogP contribution is 2.23. The molecule has 1 atom stereocenters. The number of ether oxygens (including phenoxy) is 1. The van der Waals surface area contributed by atoms with Crippen LogP contribution in [0.25, 0.3) is 0 Å². The fourth-order valence-electron chi connectivity index (χ4n) is 1.35. The molecule has 6 nitrogen and oxygen atoms in total. The largest absolute Gasteiger partial charge is 0.478 e. The van der Waals surface area contributed by atoms with E-state index in [4.69, 9.17) is 27.2 Å². The Bertz CT molecular complexity index is 479. The van der Waals surface area contributed by atoms with Crippen LogP contribution < -0.4 is 11.1 Å². The van der Waals surface area contributed by atoms with Crippen LogP contribution in [-0.4, -0.2) is 36.7 Å². The number of halogens is 1. The van der Waals surface area contributed by atoms with E-state index in [1.54, 1.807) is 0 Å². The van der Waals surface area contributed by atoms with E-state index in [0.29, 0.717) is 18.7 Å². The zero-order valence-electron chi connectivity index (χ0n) is 10.4. The molecular formula is C12H15ClN2O4. The standard InChI is InChI=1S/C12H15ClN2O4/c1-19-5-4-9(14)11(16)15-10-3-2-7(12(17)18)6-8(10)13/h2-3,6,9H,4-5,14H2,1H3,(H,15,16)(H,17,18). The second-order valence-corrected chi connectivity index (χ2v) is 4.28. The van der Waals surface area contributed by atoms with E-state index < -0.39 is 17.9 Å². The average molecular weight is 287 g/mol. The summed E-state index contributed by atoms with van der Waals surface area (Å²) in [6.07, 6.45) is 0.382. The van der Waals surface area contributed by atoms with Crippen molar-refractivity contribution in [1.82, 2.24) is 0 Å². The molecule has 0 radical (unpaired) electrons. The monoisotopic (exact) mass is 286 g/mol. The molecule has 1 rings (SSSR count). The molecular weight excluding hydrogens is 272 g/mol. The lowest BCUT2D eigenvalue weighted by molar-refractivity contribution is -0.117. The Balaban J connectivity index is 2.72. The lowest BCUT2D eigenvalue weighted by Crippen LogP contribution is -2.36. The number of hydrogen-bond donors (Lipinski definition) is 3. The number of methoxy groups -OCH3 is 1. The maximum absolute atomic E-state index is 11.7. The van der Waals surface area contributed by atoms with Gasteiger partial charge in [-0.1, -0.05) is 11.6 Å². The first-order valence-electron chi connectivity index (χ1n) is 5.54. The molecule has 7 heteroatoms. The van der Waals surface area contributed by atoms with Crippen molar-refractivity contribution in [2.75, 3.05) is 19.0 Å². The van der Waals surface area contributed by atoms with Crippen LogP contribution in [0.2, 0.25) is 5.02 Å². The number of aromatic carboxylic acids is 1. The van der Waals surface area contributed by atoms with E-state index in [1.165, 1.54) is 25.3 Å². The minimum absolute atomic E-state index is 0.0479. The third kappa shape index (κ3) is 4.51. The minimum Gasteiger partial charge on any atom is -0.478 e. The van der Waals surface area contributed by atoms with Gasteiger partial charge in [0.1, 0.15) is 0 Å². The van der Waals surface area contributed by atoms with Gasteiger partial charge in [-0.15, -0.1) is 0 Å². The van der Waals surface area contributed by atoms with Crippen LogP contribution in [0.15, 0.2) is 18.2 Å². The van der Waals surface area contributed by atoms with Gasteiger partial charge >= 0.3 is 5.97 Å². The van der Waals surface area contributed by atoms with E-state index in [-0.39, 0.29) is 10.6 Å². The number of hydrogen-bond acceptors (Lipinski definition) is 4. The second kappa shape index (κ2) is 7.08. The normalized spacial score (nSPS) is 11.9. The zero-order valence-corrected chi connectivity index (χ0v) is 11.1. The number of carboxylic acid groups (broad SMARTS) is 1. The molecule has 0 aliphatic carbocycles. The highest BCUT2D eigenvalue weighted by molar-refractivity contribution is 6.34. The van der Waals surface area contributed by atoms with Crippen molar-refractivity contribution in [3.05, 3.63) is 28.8 Å². The van der Waals surface area contributed by atoms with E-state index in [0.717, 1.165) is 0 Å². The molecule has 0 aliphatic rings. The van der Waals surface area contributed by atoms with Crippen LogP contribution >= 0.6 is 11.6 Å². The van der Waals surface area contributed by atoms with Crippen LogP contribution in [0.1, 0.15) is 16.8 Å². The lowest BCUT2D eigenvalue weighted by atomic mass is 10.2. The molecule has 104 valence electrons. The summed E-state index contributed by atoms with van der Waals surface area (Å²) in [6.45, 7) is 0.375. The number of amides is 1. The smallest absolute Gasteiger partial charge is 0.335 e. The zero-order chi connectivity index (χ0) is 14.4. The number of carbonyl (C=O) groups excluding carboxylic acids is 1. The number of nitrogens with two attached hydrogens (primary N) is 1. The Labute approximate surface area is 115 Å². The predicted molar refractivity (Wildman–Crippen MR) is 71.5 cm³/mol. The number of anilines is 1. The summed E-state index contributed by atoms with van der Waals surface area (Å²) in [5, 5.41) is 11.5. The molecule has 4 N–H and O–H groups in total. The molecule has 0 saturated carbocycles. The molecule has 0 aliphatic heterocycles. The Morgan fingerprint density at radius 3 is 2.74 bits per heavy atom. The van der Waals surface area contributed by atoms with E-state index >= 15 is 0 Å². The fraction of sp³-hybridized carbons (Fsp3) is 0.333. The maximum Gasteiger partial charge on any atom is 0.335 e. The Hall–Kier alpha value is -1.63. The highest BCUT2D eigenvalue weighted by atomic mass is 35.5. The molecule has 0 fully saturated rings. The van der Waals surface area contributed by atoms with Crippen molar-refractivity contribution >= 4 is 29.2 Å². The van der Waals surface area contributed by atoms with E-state index in [2.05, 4.69) is 5.32 Å². The average Bonchev–Trinajstić information content (AvgIpc) is 2.37. The van der Waals surface area contributed by atoms with Gasteiger partial charge in [0.15, 0.2) is 0 Å². The predicted octanol–water partition coefficient (Wildman–Crippen LogP) is 1.34. The van der Waals surface area contributed by atoms with Crippen molar-refractivity contribution in [3.63, 3.8) is 0 Å². The summed E-state index contributed by atoms with van der Waals surface area (Å²) in [6, 6.07) is 3.33. The van der Waals surface area contributed by atoms with Crippen LogP contribution in [0.3, 0.4) is 0 Å². The molecule has 0 aromatic heterocycles. The first kappa shape index (κ1) is 15.4. The van der Waals surface area contributed by atoms with Crippen LogP contribution in [0.5, 0.6) is 0 Å². The fourth-order valence-corrected chi connectivity index (χ4v) is 1.58.